The fourth-order valence-electron chi connectivity index (χ4n) is 5.71. The highest BCUT2D eigenvalue weighted by atomic mass is 19.1. The molecule has 0 saturated carbocycles. The number of hydrogen-bond acceptors (Lipinski definition) is 3. The van der Waals surface area contributed by atoms with Crippen LogP contribution in [0.3, 0.4) is 0 Å². The van der Waals surface area contributed by atoms with E-state index in [0.717, 1.165) is 41.8 Å². The zero-order chi connectivity index (χ0) is 24.9. The second kappa shape index (κ2) is 9.17. The summed E-state index contributed by atoms with van der Waals surface area (Å²) in [6, 6.07) is 9.52. The molecule has 0 aliphatic carbocycles. The van der Waals surface area contributed by atoms with Crippen molar-refractivity contribution >= 4 is 10.9 Å². The summed E-state index contributed by atoms with van der Waals surface area (Å²) in [5.41, 5.74) is 1.08. The van der Waals surface area contributed by atoms with Crippen molar-refractivity contribution in [2.24, 2.45) is 5.92 Å². The molecular formula is C28H34F3N3O. The number of likely N-dealkylation sites (tertiary alicyclic amines) is 1. The Bertz CT molecular complexity index is 1190. The SMILES string of the molecule is CC1CN(CCOc2cc(F)c([C@@H]3c4[nH]c5ccccc5c4CC(C)N3CC(C)(C)F)c(F)c2)C1. The number of alkyl halides is 1. The summed E-state index contributed by atoms with van der Waals surface area (Å²) >= 11 is 0. The Hall–Kier alpha value is -2.51. The highest BCUT2D eigenvalue weighted by Gasteiger charge is 2.41. The van der Waals surface area contributed by atoms with Crippen LogP contribution in [0.15, 0.2) is 36.4 Å². The Balaban J connectivity index is 1.51. The van der Waals surface area contributed by atoms with Crippen LogP contribution in [0.25, 0.3) is 10.9 Å². The summed E-state index contributed by atoms with van der Waals surface area (Å²) in [5, 5.41) is 1.04. The minimum atomic E-state index is -1.53. The molecule has 7 heteroatoms. The van der Waals surface area contributed by atoms with Crippen LogP contribution in [0.1, 0.15) is 50.6 Å². The topological polar surface area (TPSA) is 31.5 Å². The van der Waals surface area contributed by atoms with Gasteiger partial charge in [0.15, 0.2) is 0 Å². The van der Waals surface area contributed by atoms with Gasteiger partial charge in [-0.15, -0.1) is 0 Å². The van der Waals surface area contributed by atoms with Crippen LogP contribution in [0.2, 0.25) is 0 Å². The smallest absolute Gasteiger partial charge is 0.135 e. The van der Waals surface area contributed by atoms with Gasteiger partial charge >= 0.3 is 0 Å². The van der Waals surface area contributed by atoms with Crippen LogP contribution in [-0.4, -0.2) is 59.3 Å². The number of nitrogens with one attached hydrogen (secondary N) is 1. The number of nitrogens with zero attached hydrogens (tertiary/aromatic N) is 2. The molecule has 5 rings (SSSR count). The number of aromatic amines is 1. The molecule has 3 heterocycles. The Kier molecular flexibility index (Phi) is 6.34. The fraction of sp³-hybridized carbons (Fsp3) is 0.500. The van der Waals surface area contributed by atoms with E-state index in [4.69, 9.17) is 4.74 Å². The van der Waals surface area contributed by atoms with Crippen molar-refractivity contribution in [3.05, 3.63) is 64.9 Å². The molecule has 1 unspecified atom stereocenters. The van der Waals surface area contributed by atoms with Gasteiger partial charge in [0.1, 0.15) is 29.7 Å². The number of ether oxygens (including phenoxy) is 1. The molecule has 0 radical (unpaired) electrons. The number of benzene rings is 2. The molecule has 188 valence electrons. The van der Waals surface area contributed by atoms with Crippen LogP contribution >= 0.6 is 0 Å². The minimum absolute atomic E-state index is 0.0546. The number of para-hydroxylation sites is 1. The number of halogens is 3. The molecule has 1 saturated heterocycles. The summed E-state index contributed by atoms with van der Waals surface area (Å²) in [6.07, 6.45) is 0.672. The second-order valence-corrected chi connectivity index (χ2v) is 10.9. The van der Waals surface area contributed by atoms with Crippen LogP contribution in [-0.2, 0) is 6.42 Å². The zero-order valence-corrected chi connectivity index (χ0v) is 20.9. The third-order valence-electron chi connectivity index (χ3n) is 7.22. The number of H-pyrrole nitrogens is 1. The number of hydrogen-bond donors (Lipinski definition) is 1. The van der Waals surface area contributed by atoms with Crippen molar-refractivity contribution < 1.29 is 17.9 Å². The van der Waals surface area contributed by atoms with Crippen molar-refractivity contribution in [2.45, 2.75) is 51.9 Å². The van der Waals surface area contributed by atoms with E-state index in [2.05, 4.69) is 16.8 Å². The summed E-state index contributed by atoms with van der Waals surface area (Å²) in [5.74, 6) is -0.491. The average molecular weight is 486 g/mol. The molecule has 1 fully saturated rings. The predicted molar refractivity (Wildman–Crippen MR) is 133 cm³/mol. The van der Waals surface area contributed by atoms with Gasteiger partial charge in [-0.25, -0.2) is 13.2 Å². The third-order valence-corrected chi connectivity index (χ3v) is 7.22. The van der Waals surface area contributed by atoms with E-state index in [0.29, 0.717) is 18.9 Å². The quantitative estimate of drug-likeness (QED) is 0.455. The fourth-order valence-corrected chi connectivity index (χ4v) is 5.71. The van der Waals surface area contributed by atoms with Gasteiger partial charge in [0.2, 0.25) is 0 Å². The number of aromatic nitrogens is 1. The molecule has 2 aliphatic heterocycles. The Morgan fingerprint density at radius 1 is 1.09 bits per heavy atom. The van der Waals surface area contributed by atoms with Gasteiger partial charge in [0, 0.05) is 66.5 Å². The van der Waals surface area contributed by atoms with Crippen molar-refractivity contribution in [1.29, 1.82) is 0 Å². The van der Waals surface area contributed by atoms with Gasteiger partial charge in [-0.1, -0.05) is 25.1 Å². The molecule has 2 aliphatic rings. The lowest BCUT2D eigenvalue weighted by Gasteiger charge is -2.43. The van der Waals surface area contributed by atoms with Gasteiger partial charge in [0.25, 0.3) is 0 Å². The van der Waals surface area contributed by atoms with E-state index in [1.54, 1.807) is 0 Å². The summed E-state index contributed by atoms with van der Waals surface area (Å²) < 4.78 is 51.8. The van der Waals surface area contributed by atoms with E-state index < -0.39 is 23.3 Å². The predicted octanol–water partition coefficient (Wildman–Crippen LogP) is 5.86. The maximum absolute atomic E-state index is 15.6. The molecule has 3 aromatic rings. The van der Waals surface area contributed by atoms with Crippen molar-refractivity contribution in [3.63, 3.8) is 0 Å². The Labute approximate surface area is 205 Å². The molecule has 1 N–H and O–H groups in total. The van der Waals surface area contributed by atoms with Gasteiger partial charge < -0.3 is 9.72 Å². The summed E-state index contributed by atoms with van der Waals surface area (Å²) in [4.78, 5) is 7.53. The Morgan fingerprint density at radius 2 is 1.77 bits per heavy atom. The van der Waals surface area contributed by atoms with Gasteiger partial charge in [-0.05, 0) is 44.7 Å². The monoisotopic (exact) mass is 485 g/mol. The van der Waals surface area contributed by atoms with E-state index in [1.807, 2.05) is 36.1 Å². The molecule has 0 spiro atoms. The van der Waals surface area contributed by atoms with Crippen LogP contribution < -0.4 is 4.74 Å². The lowest BCUT2D eigenvalue weighted by Crippen LogP contribution is -2.48. The van der Waals surface area contributed by atoms with E-state index in [-0.39, 0.29) is 23.9 Å². The molecule has 0 amide bonds. The van der Waals surface area contributed by atoms with Crippen molar-refractivity contribution in [1.82, 2.24) is 14.8 Å². The first-order valence-electron chi connectivity index (χ1n) is 12.5. The Morgan fingerprint density at radius 3 is 2.43 bits per heavy atom. The van der Waals surface area contributed by atoms with E-state index in [9.17, 15) is 4.39 Å². The maximum Gasteiger partial charge on any atom is 0.135 e. The molecular weight excluding hydrogens is 451 g/mol. The average Bonchev–Trinajstić information content (AvgIpc) is 3.11. The zero-order valence-electron chi connectivity index (χ0n) is 20.9. The third kappa shape index (κ3) is 4.81. The van der Waals surface area contributed by atoms with E-state index in [1.165, 1.54) is 26.0 Å². The highest BCUT2D eigenvalue weighted by molar-refractivity contribution is 5.85. The first kappa shape index (κ1) is 24.2. The van der Waals surface area contributed by atoms with Gasteiger partial charge in [-0.2, -0.15) is 0 Å². The van der Waals surface area contributed by atoms with Crippen LogP contribution in [0.4, 0.5) is 13.2 Å². The minimum Gasteiger partial charge on any atom is -0.492 e. The maximum atomic E-state index is 15.6. The molecule has 0 bridgehead atoms. The molecule has 1 aromatic heterocycles. The standard InChI is InChI=1S/C28H34F3N3O/c1-17-14-33(15-17)9-10-35-19-12-22(29)25(23(30)13-19)27-26-21(20-7-5-6-8-24(20)32-26)11-18(2)34(27)16-28(3,4)31/h5-8,12-13,17-18,27,32H,9-11,14-16H2,1-4H3/t18?,27-/m1/s1. The second-order valence-electron chi connectivity index (χ2n) is 10.9. The lowest BCUT2D eigenvalue weighted by atomic mass is 9.87. The van der Waals surface area contributed by atoms with Crippen molar-refractivity contribution in [2.75, 3.05) is 32.8 Å². The number of rotatable bonds is 7. The molecule has 35 heavy (non-hydrogen) atoms. The van der Waals surface area contributed by atoms with Gasteiger partial charge in [0.05, 0.1) is 6.04 Å². The summed E-state index contributed by atoms with van der Waals surface area (Å²) in [7, 11) is 0. The van der Waals surface area contributed by atoms with E-state index >= 15 is 8.78 Å². The first-order chi connectivity index (χ1) is 16.6. The van der Waals surface area contributed by atoms with Gasteiger partial charge in [-0.3, -0.25) is 9.80 Å². The normalized spacial score (nSPS) is 21.8. The first-order valence-corrected chi connectivity index (χ1v) is 12.5. The van der Waals surface area contributed by atoms with Crippen LogP contribution in [0, 0.1) is 17.6 Å². The summed E-state index contributed by atoms with van der Waals surface area (Å²) in [6.45, 7) is 10.4. The highest BCUT2D eigenvalue weighted by Crippen LogP contribution is 2.43. The lowest BCUT2D eigenvalue weighted by molar-refractivity contribution is 0.0641. The largest absolute Gasteiger partial charge is 0.492 e. The number of fused-ring (bicyclic) bond motifs is 3. The molecule has 2 aromatic carbocycles. The molecule has 2 atom stereocenters. The van der Waals surface area contributed by atoms with Crippen molar-refractivity contribution in [3.8, 4) is 5.75 Å². The van der Waals surface area contributed by atoms with Crippen LogP contribution in [0.5, 0.6) is 5.75 Å². The molecule has 4 nitrogen and oxygen atoms in total.